The molecule has 0 saturated carbocycles. The zero-order valence-corrected chi connectivity index (χ0v) is 14.4. The lowest BCUT2D eigenvalue weighted by molar-refractivity contribution is 0.388. The monoisotopic (exact) mass is 356 g/mol. The third-order valence-corrected chi connectivity index (χ3v) is 4.62. The van der Waals surface area contributed by atoms with Crippen LogP contribution in [0, 0.1) is 11.3 Å². The van der Waals surface area contributed by atoms with Crippen LogP contribution in [0.4, 0.5) is 10.7 Å². The predicted molar refractivity (Wildman–Crippen MR) is 91.6 cm³/mol. The minimum absolute atomic E-state index is 0.0692. The van der Waals surface area contributed by atoms with Gasteiger partial charge in [0.05, 0.1) is 15.7 Å². The lowest BCUT2D eigenvalue weighted by Crippen LogP contribution is -2.23. The minimum atomic E-state index is -0.306. The molecule has 0 bridgehead atoms. The molecule has 0 saturated heterocycles. The molecule has 8 heteroatoms. The van der Waals surface area contributed by atoms with E-state index in [-0.39, 0.29) is 11.1 Å². The van der Waals surface area contributed by atoms with Crippen molar-refractivity contribution in [2.75, 3.05) is 26.0 Å². The molecule has 1 aromatic carbocycles. The van der Waals surface area contributed by atoms with Crippen molar-refractivity contribution in [3.05, 3.63) is 44.2 Å². The number of anilines is 2. The summed E-state index contributed by atoms with van der Waals surface area (Å²) in [7, 11) is 3.85. The normalized spacial score (nSPS) is 10.7. The Balaban J connectivity index is 2.37. The molecule has 1 heterocycles. The summed E-state index contributed by atoms with van der Waals surface area (Å²) in [6.07, 6.45) is 0. The van der Waals surface area contributed by atoms with E-state index in [4.69, 9.17) is 23.2 Å². The summed E-state index contributed by atoms with van der Waals surface area (Å²) in [5.41, 5.74) is 0.253. The van der Waals surface area contributed by atoms with Gasteiger partial charge in [-0.25, -0.2) is 0 Å². The lowest BCUT2D eigenvalue weighted by atomic mass is 10.3. The summed E-state index contributed by atoms with van der Waals surface area (Å²) in [6.45, 7) is 1.22. The van der Waals surface area contributed by atoms with E-state index in [0.717, 1.165) is 0 Å². The van der Waals surface area contributed by atoms with Crippen LogP contribution in [0.2, 0.25) is 10.0 Å². The Bertz CT molecular complexity index is 756. The highest BCUT2D eigenvalue weighted by Crippen LogP contribution is 2.34. The Morgan fingerprint density at radius 3 is 2.55 bits per heavy atom. The summed E-state index contributed by atoms with van der Waals surface area (Å²) >= 11 is 13.4. The van der Waals surface area contributed by atoms with Crippen LogP contribution < -0.4 is 10.9 Å². The SMILES string of the molecule is CN(C)CCn1sc(Nc2c(Cl)cccc2Cl)c(C#N)c1=O. The van der Waals surface area contributed by atoms with Crippen LogP contribution in [0.3, 0.4) is 0 Å². The summed E-state index contributed by atoms with van der Waals surface area (Å²) in [6, 6.07) is 7.05. The summed E-state index contributed by atoms with van der Waals surface area (Å²) in [4.78, 5) is 14.2. The fraction of sp³-hybridized carbons (Fsp3) is 0.286. The number of halogens is 2. The number of nitrogens with zero attached hydrogens (tertiary/aromatic N) is 3. The minimum Gasteiger partial charge on any atom is -0.342 e. The summed E-state index contributed by atoms with van der Waals surface area (Å²) in [5.74, 6) is 0. The predicted octanol–water partition coefficient (Wildman–Crippen LogP) is 3.39. The van der Waals surface area contributed by atoms with Crippen LogP contribution in [-0.2, 0) is 6.54 Å². The molecule has 2 aromatic rings. The molecule has 0 atom stereocenters. The Kier molecular flexibility index (Phi) is 5.48. The first-order valence-corrected chi connectivity index (χ1v) is 7.97. The highest BCUT2D eigenvalue weighted by Gasteiger charge is 2.17. The van der Waals surface area contributed by atoms with Gasteiger partial charge in [-0.3, -0.25) is 8.75 Å². The van der Waals surface area contributed by atoms with Gasteiger partial charge in [0.25, 0.3) is 5.56 Å². The van der Waals surface area contributed by atoms with Gasteiger partial charge in [0, 0.05) is 13.1 Å². The van der Waals surface area contributed by atoms with Crippen LogP contribution in [0.15, 0.2) is 23.0 Å². The number of aromatic nitrogens is 1. The van der Waals surface area contributed by atoms with Gasteiger partial charge in [-0.2, -0.15) is 5.26 Å². The molecule has 0 aliphatic rings. The summed E-state index contributed by atoms with van der Waals surface area (Å²) < 4.78 is 1.55. The van der Waals surface area contributed by atoms with Gasteiger partial charge in [0.1, 0.15) is 11.1 Å². The van der Waals surface area contributed by atoms with E-state index in [9.17, 15) is 10.1 Å². The van der Waals surface area contributed by atoms with Crippen molar-refractivity contribution < 1.29 is 0 Å². The first kappa shape index (κ1) is 16.8. The van der Waals surface area contributed by atoms with Crippen LogP contribution in [0.1, 0.15) is 5.56 Å². The molecule has 116 valence electrons. The number of hydrogen-bond acceptors (Lipinski definition) is 5. The van der Waals surface area contributed by atoms with Crippen LogP contribution in [0.25, 0.3) is 0 Å². The van der Waals surface area contributed by atoms with Gasteiger partial charge in [0.15, 0.2) is 5.56 Å². The molecular weight excluding hydrogens is 343 g/mol. The van der Waals surface area contributed by atoms with Crippen LogP contribution in [0.5, 0.6) is 0 Å². The van der Waals surface area contributed by atoms with E-state index in [1.54, 1.807) is 22.2 Å². The van der Waals surface area contributed by atoms with E-state index in [1.807, 2.05) is 25.1 Å². The van der Waals surface area contributed by atoms with E-state index >= 15 is 0 Å². The number of hydrogen-bond donors (Lipinski definition) is 1. The molecule has 22 heavy (non-hydrogen) atoms. The van der Waals surface area contributed by atoms with Gasteiger partial charge in [-0.15, -0.1) is 0 Å². The van der Waals surface area contributed by atoms with Gasteiger partial charge in [-0.1, -0.05) is 29.3 Å². The maximum absolute atomic E-state index is 12.2. The highest BCUT2D eigenvalue weighted by molar-refractivity contribution is 7.11. The van der Waals surface area contributed by atoms with E-state index in [1.165, 1.54) is 11.5 Å². The van der Waals surface area contributed by atoms with Crippen molar-refractivity contribution in [2.24, 2.45) is 0 Å². The van der Waals surface area contributed by atoms with Crippen LogP contribution in [-0.4, -0.2) is 29.5 Å². The van der Waals surface area contributed by atoms with Gasteiger partial charge in [0.2, 0.25) is 0 Å². The third-order valence-electron chi connectivity index (χ3n) is 2.93. The Morgan fingerprint density at radius 1 is 1.36 bits per heavy atom. The van der Waals surface area contributed by atoms with Crippen molar-refractivity contribution in [1.82, 2.24) is 8.86 Å². The molecule has 0 aliphatic heterocycles. The molecule has 1 aromatic heterocycles. The number of rotatable bonds is 5. The lowest BCUT2D eigenvalue weighted by Gasteiger charge is -2.09. The van der Waals surface area contributed by atoms with E-state index in [0.29, 0.717) is 33.8 Å². The van der Waals surface area contributed by atoms with E-state index < -0.39 is 0 Å². The average Bonchev–Trinajstić information content (AvgIpc) is 2.76. The zero-order chi connectivity index (χ0) is 16.3. The van der Waals surface area contributed by atoms with Crippen molar-refractivity contribution in [1.29, 1.82) is 5.26 Å². The van der Waals surface area contributed by atoms with Crippen LogP contribution >= 0.6 is 34.7 Å². The Hall–Kier alpha value is -1.52. The van der Waals surface area contributed by atoms with Crippen molar-refractivity contribution >= 4 is 45.4 Å². The largest absolute Gasteiger partial charge is 0.342 e. The van der Waals surface area contributed by atoms with Crippen molar-refractivity contribution in [2.45, 2.75) is 6.54 Å². The number of likely N-dealkylation sites (N-methyl/N-ethyl adjacent to an activating group) is 1. The van der Waals surface area contributed by atoms with Gasteiger partial charge in [-0.05, 0) is 37.8 Å². The maximum atomic E-state index is 12.2. The molecule has 5 nitrogen and oxygen atoms in total. The fourth-order valence-corrected chi connectivity index (χ4v) is 3.20. The van der Waals surface area contributed by atoms with E-state index in [2.05, 4.69) is 5.32 Å². The fourth-order valence-electron chi connectivity index (χ4n) is 1.77. The second-order valence-electron chi connectivity index (χ2n) is 4.84. The molecule has 0 radical (unpaired) electrons. The second-order valence-corrected chi connectivity index (χ2v) is 6.69. The maximum Gasteiger partial charge on any atom is 0.280 e. The molecule has 0 spiro atoms. The quantitative estimate of drug-likeness (QED) is 0.891. The topological polar surface area (TPSA) is 61.1 Å². The van der Waals surface area contributed by atoms with Gasteiger partial charge < -0.3 is 10.2 Å². The molecule has 1 N–H and O–H groups in total. The molecule has 0 unspecified atom stereocenters. The molecule has 0 amide bonds. The smallest absolute Gasteiger partial charge is 0.280 e. The molecule has 0 fully saturated rings. The first-order chi connectivity index (χ1) is 10.4. The highest BCUT2D eigenvalue weighted by atomic mass is 35.5. The number of nitriles is 1. The molecular formula is C14H14Cl2N4OS. The number of benzene rings is 1. The number of para-hydroxylation sites is 1. The Morgan fingerprint density at radius 2 is 2.00 bits per heavy atom. The zero-order valence-electron chi connectivity index (χ0n) is 12.1. The Labute approximate surface area is 142 Å². The molecule has 0 aliphatic carbocycles. The van der Waals surface area contributed by atoms with Crippen molar-refractivity contribution in [3.63, 3.8) is 0 Å². The number of nitrogens with one attached hydrogen (secondary N) is 1. The average molecular weight is 357 g/mol. The standard InChI is InChI=1S/C14H14Cl2N4OS/c1-19(2)6-7-20-14(21)9(8-17)13(22-20)18-12-10(15)4-3-5-11(12)16/h3-5,18H,6-7H2,1-2H3. The first-order valence-electron chi connectivity index (χ1n) is 6.44. The summed E-state index contributed by atoms with van der Waals surface area (Å²) in [5, 5.41) is 13.5. The van der Waals surface area contributed by atoms with Gasteiger partial charge >= 0.3 is 0 Å². The van der Waals surface area contributed by atoms with Crippen molar-refractivity contribution in [3.8, 4) is 6.07 Å². The third kappa shape index (κ3) is 3.62. The second kappa shape index (κ2) is 7.16. The molecule has 2 rings (SSSR count).